The summed E-state index contributed by atoms with van der Waals surface area (Å²) in [5.41, 5.74) is 9.88. The number of halogens is 1. The SMILES string of the molecule is Cc1cc(I)ccc1N=[N+]=[N-]. The molecule has 0 atom stereocenters. The molecule has 1 aromatic carbocycles. The summed E-state index contributed by atoms with van der Waals surface area (Å²) in [4.78, 5) is 2.72. The van der Waals surface area contributed by atoms with Gasteiger partial charge in [0.2, 0.25) is 0 Å². The highest BCUT2D eigenvalue weighted by atomic mass is 127. The third-order valence-electron chi connectivity index (χ3n) is 1.31. The van der Waals surface area contributed by atoms with Gasteiger partial charge in [0, 0.05) is 14.2 Å². The molecule has 0 aliphatic rings. The van der Waals surface area contributed by atoms with Gasteiger partial charge in [-0.15, -0.1) is 0 Å². The zero-order valence-electron chi connectivity index (χ0n) is 5.95. The molecule has 0 amide bonds. The summed E-state index contributed by atoms with van der Waals surface area (Å²) in [7, 11) is 0. The van der Waals surface area contributed by atoms with E-state index in [1.54, 1.807) is 0 Å². The van der Waals surface area contributed by atoms with Crippen molar-refractivity contribution in [1.82, 2.24) is 0 Å². The average molecular weight is 259 g/mol. The van der Waals surface area contributed by atoms with E-state index in [0.717, 1.165) is 9.13 Å². The Balaban J connectivity index is 3.19. The van der Waals surface area contributed by atoms with Crippen molar-refractivity contribution in [3.05, 3.63) is 37.8 Å². The van der Waals surface area contributed by atoms with Crippen LogP contribution in [-0.2, 0) is 0 Å². The standard InChI is InChI=1S/C7H6IN3/c1-5-4-6(8)2-3-7(5)10-11-9/h2-4H,1H3. The summed E-state index contributed by atoms with van der Waals surface area (Å²) in [6, 6.07) is 5.71. The molecule has 1 aromatic rings. The molecule has 0 heterocycles. The molecule has 0 bridgehead atoms. The smallest absolute Gasteiger partial charge is 0.0405 e. The Morgan fingerprint density at radius 3 is 2.82 bits per heavy atom. The van der Waals surface area contributed by atoms with Crippen LogP contribution in [-0.4, -0.2) is 0 Å². The molecule has 0 N–H and O–H groups in total. The van der Waals surface area contributed by atoms with Crippen LogP contribution in [0.3, 0.4) is 0 Å². The fourth-order valence-corrected chi connectivity index (χ4v) is 1.43. The molecule has 4 heteroatoms. The molecular formula is C7H6IN3. The summed E-state index contributed by atoms with van der Waals surface area (Å²) in [6.45, 7) is 1.92. The summed E-state index contributed by atoms with van der Waals surface area (Å²) >= 11 is 2.22. The third kappa shape index (κ3) is 2.10. The van der Waals surface area contributed by atoms with Gasteiger partial charge in [-0.25, -0.2) is 0 Å². The fraction of sp³-hybridized carbons (Fsp3) is 0.143. The molecule has 0 unspecified atom stereocenters. The Kier molecular flexibility index (Phi) is 2.73. The highest BCUT2D eigenvalue weighted by Crippen LogP contribution is 2.20. The second-order valence-electron chi connectivity index (χ2n) is 2.12. The van der Waals surface area contributed by atoms with E-state index >= 15 is 0 Å². The average Bonchev–Trinajstić information content (AvgIpc) is 1.95. The Labute approximate surface area is 78.2 Å². The largest absolute Gasteiger partial charge is 0.0605 e. The first-order valence-electron chi connectivity index (χ1n) is 3.05. The minimum Gasteiger partial charge on any atom is -0.0605 e. The van der Waals surface area contributed by atoms with Crippen LogP contribution in [0, 0.1) is 10.5 Å². The van der Waals surface area contributed by atoms with Crippen molar-refractivity contribution < 1.29 is 0 Å². The van der Waals surface area contributed by atoms with E-state index in [2.05, 4.69) is 32.6 Å². The number of hydrogen-bond donors (Lipinski definition) is 0. The lowest BCUT2D eigenvalue weighted by atomic mass is 10.2. The van der Waals surface area contributed by atoms with Gasteiger partial charge in [0.25, 0.3) is 0 Å². The van der Waals surface area contributed by atoms with E-state index < -0.39 is 0 Å². The maximum absolute atomic E-state index is 8.17. The quantitative estimate of drug-likeness (QED) is 0.320. The second kappa shape index (κ2) is 3.59. The van der Waals surface area contributed by atoms with Gasteiger partial charge in [0.1, 0.15) is 0 Å². The normalized spacial score (nSPS) is 8.91. The van der Waals surface area contributed by atoms with Crippen molar-refractivity contribution in [2.75, 3.05) is 0 Å². The molecular weight excluding hydrogens is 253 g/mol. The van der Waals surface area contributed by atoms with E-state index in [9.17, 15) is 0 Å². The van der Waals surface area contributed by atoms with E-state index in [1.165, 1.54) is 0 Å². The van der Waals surface area contributed by atoms with Gasteiger partial charge < -0.3 is 0 Å². The lowest BCUT2D eigenvalue weighted by Crippen LogP contribution is -1.74. The van der Waals surface area contributed by atoms with Crippen LogP contribution >= 0.6 is 22.6 Å². The predicted molar refractivity (Wildman–Crippen MR) is 52.7 cm³/mol. The molecule has 11 heavy (non-hydrogen) atoms. The predicted octanol–water partition coefficient (Wildman–Crippen LogP) is 3.54. The zero-order chi connectivity index (χ0) is 8.27. The molecule has 3 nitrogen and oxygen atoms in total. The topological polar surface area (TPSA) is 48.8 Å². The number of aryl methyl sites for hydroxylation is 1. The highest BCUT2D eigenvalue weighted by molar-refractivity contribution is 14.1. The minimum absolute atomic E-state index is 0.702. The molecule has 0 fully saturated rings. The molecule has 56 valence electrons. The molecule has 0 radical (unpaired) electrons. The van der Waals surface area contributed by atoms with Crippen LogP contribution in [0.4, 0.5) is 5.69 Å². The lowest BCUT2D eigenvalue weighted by Gasteiger charge is -1.97. The van der Waals surface area contributed by atoms with Crippen molar-refractivity contribution in [3.8, 4) is 0 Å². The highest BCUT2D eigenvalue weighted by Gasteiger charge is 1.94. The Morgan fingerprint density at radius 2 is 2.27 bits per heavy atom. The van der Waals surface area contributed by atoms with Gasteiger partial charge in [0.05, 0.1) is 0 Å². The van der Waals surface area contributed by atoms with E-state index in [-0.39, 0.29) is 0 Å². The van der Waals surface area contributed by atoms with Gasteiger partial charge in [-0.3, -0.25) is 0 Å². The van der Waals surface area contributed by atoms with Crippen LogP contribution < -0.4 is 0 Å². The maximum Gasteiger partial charge on any atom is 0.0405 e. The van der Waals surface area contributed by atoms with Crippen LogP contribution in [0.5, 0.6) is 0 Å². The monoisotopic (exact) mass is 259 g/mol. The zero-order valence-corrected chi connectivity index (χ0v) is 8.11. The maximum atomic E-state index is 8.17. The van der Waals surface area contributed by atoms with Gasteiger partial charge >= 0.3 is 0 Å². The van der Waals surface area contributed by atoms with Crippen molar-refractivity contribution in [1.29, 1.82) is 0 Å². The van der Waals surface area contributed by atoms with Crippen LogP contribution in [0.15, 0.2) is 23.3 Å². The van der Waals surface area contributed by atoms with Crippen LogP contribution in [0.1, 0.15) is 5.56 Å². The van der Waals surface area contributed by atoms with E-state index in [1.807, 2.05) is 25.1 Å². The van der Waals surface area contributed by atoms with Gasteiger partial charge in [-0.05, 0) is 52.7 Å². The molecule has 0 spiro atoms. The minimum atomic E-state index is 0.702. The van der Waals surface area contributed by atoms with Gasteiger partial charge in [0.15, 0.2) is 0 Å². The Hall–Kier alpha value is -0.740. The molecule has 0 aliphatic heterocycles. The first kappa shape index (κ1) is 8.36. The molecule has 0 aliphatic carbocycles. The number of nitrogens with zero attached hydrogens (tertiary/aromatic N) is 3. The number of hydrogen-bond acceptors (Lipinski definition) is 1. The van der Waals surface area contributed by atoms with E-state index in [0.29, 0.717) is 5.69 Å². The van der Waals surface area contributed by atoms with Crippen molar-refractivity contribution in [3.63, 3.8) is 0 Å². The van der Waals surface area contributed by atoms with Crippen molar-refractivity contribution in [2.24, 2.45) is 5.11 Å². The number of benzene rings is 1. The van der Waals surface area contributed by atoms with Crippen LogP contribution in [0.25, 0.3) is 10.4 Å². The number of azide groups is 1. The Morgan fingerprint density at radius 1 is 1.55 bits per heavy atom. The molecule has 1 rings (SSSR count). The first-order chi connectivity index (χ1) is 5.24. The van der Waals surface area contributed by atoms with Gasteiger partial charge in [-0.2, -0.15) is 0 Å². The van der Waals surface area contributed by atoms with E-state index in [4.69, 9.17) is 5.53 Å². The van der Waals surface area contributed by atoms with Crippen LogP contribution in [0.2, 0.25) is 0 Å². The van der Waals surface area contributed by atoms with Crippen molar-refractivity contribution >= 4 is 28.3 Å². The summed E-state index contributed by atoms with van der Waals surface area (Å²) in [5.74, 6) is 0. The first-order valence-corrected chi connectivity index (χ1v) is 4.13. The second-order valence-corrected chi connectivity index (χ2v) is 3.37. The van der Waals surface area contributed by atoms with Gasteiger partial charge in [-0.1, -0.05) is 11.2 Å². The third-order valence-corrected chi connectivity index (χ3v) is 1.98. The summed E-state index contributed by atoms with van der Waals surface area (Å²) < 4.78 is 1.15. The summed E-state index contributed by atoms with van der Waals surface area (Å²) in [5, 5.41) is 3.52. The van der Waals surface area contributed by atoms with Crippen molar-refractivity contribution in [2.45, 2.75) is 6.92 Å². The lowest BCUT2D eigenvalue weighted by molar-refractivity contribution is 1.36. The Bertz CT molecular complexity index is 315. The summed E-state index contributed by atoms with van der Waals surface area (Å²) in [6.07, 6.45) is 0. The molecule has 0 aromatic heterocycles. The molecule has 0 saturated heterocycles. The molecule has 0 saturated carbocycles. The number of rotatable bonds is 1. The fourth-order valence-electron chi connectivity index (χ4n) is 0.779.